The molecule has 232 valence electrons. The van der Waals surface area contributed by atoms with Crippen LogP contribution in [-0.2, 0) is 18.3 Å². The van der Waals surface area contributed by atoms with Crippen LogP contribution in [0.1, 0.15) is 22.3 Å². The monoisotopic (exact) mass is 627 g/mol. The Morgan fingerprint density at radius 3 is 1.39 bits per heavy atom. The summed E-state index contributed by atoms with van der Waals surface area (Å²) in [6.07, 6.45) is 1.66. The summed E-state index contributed by atoms with van der Waals surface area (Å²) in [4.78, 5) is 0. The van der Waals surface area contributed by atoms with Crippen molar-refractivity contribution in [2.24, 2.45) is 0 Å². The summed E-state index contributed by atoms with van der Waals surface area (Å²) in [5, 5.41) is 7.50. The molecule has 9 aromatic rings. The molecule has 10 rings (SSSR count). The molecule has 1 aromatic heterocycles. The molecule has 2 heteroatoms. The molecule has 0 radical (unpaired) electrons. The van der Waals surface area contributed by atoms with Crippen LogP contribution < -0.4 is 4.74 Å². The van der Waals surface area contributed by atoms with E-state index in [1.54, 1.807) is 0 Å². The first-order valence-corrected chi connectivity index (χ1v) is 17.1. The van der Waals surface area contributed by atoms with E-state index in [9.17, 15) is 0 Å². The van der Waals surface area contributed by atoms with Crippen molar-refractivity contribution in [3.8, 4) is 17.2 Å². The van der Waals surface area contributed by atoms with Crippen LogP contribution in [-0.4, -0.2) is 4.57 Å². The number of benzene rings is 8. The van der Waals surface area contributed by atoms with Crippen molar-refractivity contribution in [3.63, 3.8) is 0 Å². The van der Waals surface area contributed by atoms with E-state index < -0.39 is 5.41 Å². The van der Waals surface area contributed by atoms with Gasteiger partial charge in [0.25, 0.3) is 0 Å². The third-order valence-corrected chi connectivity index (χ3v) is 10.6. The minimum Gasteiger partial charge on any atom is -0.457 e. The average Bonchev–Trinajstić information content (AvgIpc) is 3.49. The number of para-hydroxylation sites is 2. The maximum atomic E-state index is 6.87. The topological polar surface area (TPSA) is 14.2 Å². The van der Waals surface area contributed by atoms with Crippen LogP contribution >= 0.6 is 0 Å². The van der Waals surface area contributed by atoms with Gasteiger partial charge in [0, 0.05) is 33.0 Å². The molecule has 0 N–H and O–H groups in total. The van der Waals surface area contributed by atoms with E-state index in [0.29, 0.717) is 0 Å². The SMILES string of the molecule is c1ccc(CC2(Cc3ccc(-n4c5ccccc5c5ccccc54)cc3)c3c(ccc4ccccc34)Oc3ccc4ccccc4c32)cc1. The lowest BCUT2D eigenvalue weighted by Crippen LogP contribution is -2.37. The van der Waals surface area contributed by atoms with E-state index in [4.69, 9.17) is 4.74 Å². The number of hydrogen-bond donors (Lipinski definition) is 0. The summed E-state index contributed by atoms with van der Waals surface area (Å²) in [7, 11) is 0. The zero-order valence-corrected chi connectivity index (χ0v) is 27.0. The van der Waals surface area contributed by atoms with Gasteiger partial charge < -0.3 is 9.30 Å². The molecule has 0 atom stereocenters. The van der Waals surface area contributed by atoms with Gasteiger partial charge in [-0.3, -0.25) is 0 Å². The van der Waals surface area contributed by atoms with Crippen LogP contribution in [0.4, 0.5) is 0 Å². The summed E-state index contributed by atoms with van der Waals surface area (Å²) in [5.74, 6) is 1.89. The first-order valence-electron chi connectivity index (χ1n) is 17.1. The molecule has 0 amide bonds. The predicted octanol–water partition coefficient (Wildman–Crippen LogP) is 12.0. The van der Waals surface area contributed by atoms with Crippen LogP contribution in [0, 0.1) is 0 Å². The molecule has 2 heterocycles. The zero-order valence-electron chi connectivity index (χ0n) is 27.0. The molecule has 0 unspecified atom stereocenters. The van der Waals surface area contributed by atoms with Crippen molar-refractivity contribution in [2.45, 2.75) is 18.3 Å². The summed E-state index contributed by atoms with van der Waals surface area (Å²) in [6.45, 7) is 0. The van der Waals surface area contributed by atoms with Crippen molar-refractivity contribution in [1.82, 2.24) is 4.57 Å². The third-order valence-electron chi connectivity index (χ3n) is 10.6. The first-order chi connectivity index (χ1) is 24.3. The molecule has 0 aliphatic carbocycles. The molecule has 1 aliphatic heterocycles. The molecular weight excluding hydrogens is 595 g/mol. The fraction of sp³-hybridized carbons (Fsp3) is 0.0638. The number of ether oxygens (including phenoxy) is 1. The Morgan fingerprint density at radius 1 is 0.388 bits per heavy atom. The number of hydrogen-bond acceptors (Lipinski definition) is 1. The maximum absolute atomic E-state index is 6.87. The second kappa shape index (κ2) is 11.0. The van der Waals surface area contributed by atoms with E-state index in [0.717, 1.165) is 24.3 Å². The maximum Gasteiger partial charge on any atom is 0.132 e. The van der Waals surface area contributed by atoms with Gasteiger partial charge in [-0.1, -0.05) is 140 Å². The zero-order chi connectivity index (χ0) is 32.4. The Labute approximate surface area is 285 Å². The van der Waals surface area contributed by atoms with Gasteiger partial charge in [-0.05, 0) is 81.9 Å². The van der Waals surface area contributed by atoms with Gasteiger partial charge in [-0.2, -0.15) is 0 Å². The standard InChI is InChI=1S/C47H33NO/c1-2-12-32(13-3-1)30-47(31-33-22-26-36(27-23-33)48-41-20-10-8-18-39(41)40-19-9-11-21-42(40)48)45-37-16-6-4-14-34(37)24-28-43(45)49-44-29-25-35-15-5-7-17-38(35)46(44)47/h1-29H,30-31H2. The Morgan fingerprint density at radius 2 is 0.837 bits per heavy atom. The minimum atomic E-state index is -0.402. The lowest BCUT2D eigenvalue weighted by atomic mass is 9.63. The number of nitrogens with zero attached hydrogens (tertiary/aromatic N) is 1. The van der Waals surface area contributed by atoms with Gasteiger partial charge in [0.05, 0.1) is 11.0 Å². The molecule has 0 saturated heterocycles. The smallest absolute Gasteiger partial charge is 0.132 e. The van der Waals surface area contributed by atoms with E-state index in [1.165, 1.54) is 71.3 Å². The Bertz CT molecular complexity index is 2550. The Balaban J connectivity index is 1.22. The van der Waals surface area contributed by atoms with Crippen molar-refractivity contribution in [1.29, 1.82) is 0 Å². The Hall–Kier alpha value is -6.12. The molecule has 0 saturated carbocycles. The van der Waals surface area contributed by atoms with Crippen molar-refractivity contribution in [3.05, 3.63) is 198 Å². The molecule has 0 fully saturated rings. The first kappa shape index (κ1) is 27.9. The highest BCUT2D eigenvalue weighted by atomic mass is 16.5. The van der Waals surface area contributed by atoms with Gasteiger partial charge in [0.2, 0.25) is 0 Å². The summed E-state index contributed by atoms with van der Waals surface area (Å²) >= 11 is 0. The number of fused-ring (bicyclic) bond motifs is 9. The fourth-order valence-corrected chi connectivity index (χ4v) is 8.58. The molecule has 0 bridgehead atoms. The normalized spacial score (nSPS) is 13.4. The highest BCUT2D eigenvalue weighted by Gasteiger charge is 2.44. The molecule has 1 aliphatic rings. The van der Waals surface area contributed by atoms with E-state index >= 15 is 0 Å². The summed E-state index contributed by atoms with van der Waals surface area (Å²) in [6, 6.07) is 64.1. The second-order valence-corrected chi connectivity index (χ2v) is 13.4. The van der Waals surface area contributed by atoms with E-state index in [1.807, 2.05) is 0 Å². The van der Waals surface area contributed by atoms with Gasteiger partial charge >= 0.3 is 0 Å². The lowest BCUT2D eigenvalue weighted by Gasteiger charge is -2.42. The lowest BCUT2D eigenvalue weighted by molar-refractivity contribution is 0.391. The number of rotatable bonds is 5. The molecule has 0 spiro atoms. The Kier molecular flexibility index (Phi) is 6.25. The largest absolute Gasteiger partial charge is 0.457 e. The third kappa shape index (κ3) is 4.34. The summed E-state index contributed by atoms with van der Waals surface area (Å²) in [5.41, 5.74) is 8.35. The van der Waals surface area contributed by atoms with Gasteiger partial charge in [0.1, 0.15) is 11.5 Å². The molecule has 49 heavy (non-hydrogen) atoms. The fourth-order valence-electron chi connectivity index (χ4n) is 8.58. The quantitative estimate of drug-likeness (QED) is 0.185. The van der Waals surface area contributed by atoms with Crippen molar-refractivity contribution >= 4 is 43.4 Å². The minimum absolute atomic E-state index is 0.402. The van der Waals surface area contributed by atoms with E-state index in [2.05, 4.69) is 180 Å². The van der Waals surface area contributed by atoms with Crippen LogP contribution in [0.25, 0.3) is 49.0 Å². The highest BCUT2D eigenvalue weighted by Crippen LogP contribution is 2.55. The van der Waals surface area contributed by atoms with Crippen LogP contribution in [0.3, 0.4) is 0 Å². The second-order valence-electron chi connectivity index (χ2n) is 13.4. The van der Waals surface area contributed by atoms with Gasteiger partial charge in [-0.15, -0.1) is 0 Å². The van der Waals surface area contributed by atoms with Crippen molar-refractivity contribution < 1.29 is 4.74 Å². The van der Waals surface area contributed by atoms with Gasteiger partial charge in [-0.25, -0.2) is 0 Å². The predicted molar refractivity (Wildman–Crippen MR) is 203 cm³/mol. The molecule has 2 nitrogen and oxygen atoms in total. The van der Waals surface area contributed by atoms with Gasteiger partial charge in [0.15, 0.2) is 0 Å². The molecule has 8 aromatic carbocycles. The van der Waals surface area contributed by atoms with Crippen molar-refractivity contribution in [2.75, 3.05) is 0 Å². The van der Waals surface area contributed by atoms with Crippen LogP contribution in [0.2, 0.25) is 0 Å². The summed E-state index contributed by atoms with van der Waals surface area (Å²) < 4.78 is 9.27. The van der Waals surface area contributed by atoms with E-state index in [-0.39, 0.29) is 0 Å². The van der Waals surface area contributed by atoms with Crippen LogP contribution in [0.15, 0.2) is 176 Å². The van der Waals surface area contributed by atoms with Crippen LogP contribution in [0.5, 0.6) is 11.5 Å². The highest BCUT2D eigenvalue weighted by molar-refractivity contribution is 6.09. The number of aromatic nitrogens is 1. The molecular formula is C47H33NO. The average molecular weight is 628 g/mol.